The van der Waals surface area contributed by atoms with Gasteiger partial charge in [-0.15, -0.1) is 0 Å². The second-order valence-corrected chi connectivity index (χ2v) is 8.47. The Kier molecular flexibility index (Phi) is 6.67. The molecule has 1 aliphatic heterocycles. The first-order valence-electron chi connectivity index (χ1n) is 9.62. The van der Waals surface area contributed by atoms with Crippen LogP contribution in [0.2, 0.25) is 0 Å². The molecule has 3 rings (SSSR count). The molecule has 2 aromatic carbocycles. The Labute approximate surface area is 180 Å². The zero-order valence-corrected chi connectivity index (χ0v) is 18.2. The van der Waals surface area contributed by atoms with Gasteiger partial charge in [-0.05, 0) is 42.0 Å². The molecule has 0 saturated heterocycles. The second kappa shape index (κ2) is 9.23. The molecule has 1 aliphatic rings. The van der Waals surface area contributed by atoms with Crippen LogP contribution in [0.3, 0.4) is 0 Å². The SMILES string of the molecule is CCN(CC)S(=O)(=O)c1ccc(C2=N/C(=C\c3ccccc3C(=O)OC)C(=O)O2)cc1. The van der Waals surface area contributed by atoms with Crippen molar-refractivity contribution in [3.8, 4) is 0 Å². The van der Waals surface area contributed by atoms with Crippen LogP contribution in [0.4, 0.5) is 0 Å². The number of esters is 2. The van der Waals surface area contributed by atoms with Gasteiger partial charge in [0.25, 0.3) is 0 Å². The number of nitrogens with zero attached hydrogens (tertiary/aromatic N) is 2. The average molecular weight is 442 g/mol. The van der Waals surface area contributed by atoms with Gasteiger partial charge in [-0.3, -0.25) is 0 Å². The number of cyclic esters (lactones) is 1. The van der Waals surface area contributed by atoms with Crippen molar-refractivity contribution in [3.63, 3.8) is 0 Å². The highest BCUT2D eigenvalue weighted by Gasteiger charge is 2.26. The summed E-state index contributed by atoms with van der Waals surface area (Å²) in [6.45, 7) is 4.28. The third-order valence-electron chi connectivity index (χ3n) is 4.72. The standard InChI is InChI=1S/C22H22N2O6S/c1-4-24(5-2)31(27,28)17-12-10-15(11-13-17)20-23-19(22(26)30-20)14-16-8-6-7-9-18(16)21(25)29-3/h6-14H,4-5H2,1-3H3/b19-14-. The molecule has 0 fully saturated rings. The fraction of sp³-hybridized carbons (Fsp3) is 0.227. The molecule has 162 valence electrons. The highest BCUT2D eigenvalue weighted by Crippen LogP contribution is 2.23. The number of carbonyl (C=O) groups excluding carboxylic acids is 2. The van der Waals surface area contributed by atoms with Crippen molar-refractivity contribution in [2.75, 3.05) is 20.2 Å². The van der Waals surface area contributed by atoms with E-state index in [1.165, 1.54) is 41.8 Å². The fourth-order valence-corrected chi connectivity index (χ4v) is 4.54. The predicted molar refractivity (Wildman–Crippen MR) is 115 cm³/mol. The summed E-state index contributed by atoms with van der Waals surface area (Å²) in [6.07, 6.45) is 1.45. The van der Waals surface area contributed by atoms with Crippen molar-refractivity contribution in [2.45, 2.75) is 18.7 Å². The van der Waals surface area contributed by atoms with E-state index in [4.69, 9.17) is 9.47 Å². The minimum atomic E-state index is -3.59. The maximum absolute atomic E-state index is 12.6. The summed E-state index contributed by atoms with van der Waals surface area (Å²) in [5.41, 5.74) is 1.23. The zero-order chi connectivity index (χ0) is 22.6. The van der Waals surface area contributed by atoms with Gasteiger partial charge in [-0.2, -0.15) is 4.31 Å². The number of carbonyl (C=O) groups is 2. The Balaban J connectivity index is 1.91. The number of rotatable bonds is 7. The molecule has 0 saturated carbocycles. The van der Waals surface area contributed by atoms with Crippen LogP contribution in [0, 0.1) is 0 Å². The lowest BCUT2D eigenvalue weighted by molar-refractivity contribution is -0.129. The number of benzene rings is 2. The minimum absolute atomic E-state index is 0.0196. The van der Waals surface area contributed by atoms with E-state index in [1.54, 1.807) is 38.1 Å². The van der Waals surface area contributed by atoms with E-state index < -0.39 is 22.0 Å². The molecule has 0 radical (unpaired) electrons. The molecule has 0 spiro atoms. The largest absolute Gasteiger partial charge is 0.465 e. The lowest BCUT2D eigenvalue weighted by atomic mass is 10.1. The van der Waals surface area contributed by atoms with Crippen molar-refractivity contribution in [1.29, 1.82) is 0 Å². The molecular formula is C22H22N2O6S. The number of hydrogen-bond acceptors (Lipinski definition) is 7. The summed E-state index contributed by atoms with van der Waals surface area (Å²) >= 11 is 0. The molecule has 0 N–H and O–H groups in total. The Bertz CT molecular complexity index is 1160. The van der Waals surface area contributed by atoms with Gasteiger partial charge in [0.2, 0.25) is 15.9 Å². The van der Waals surface area contributed by atoms with Crippen LogP contribution >= 0.6 is 0 Å². The Morgan fingerprint density at radius 1 is 1.10 bits per heavy atom. The van der Waals surface area contributed by atoms with Gasteiger partial charge in [0.05, 0.1) is 17.6 Å². The number of aliphatic imine (C=N–C) groups is 1. The molecule has 0 aromatic heterocycles. The quantitative estimate of drug-likeness (QED) is 0.483. The van der Waals surface area contributed by atoms with Gasteiger partial charge >= 0.3 is 11.9 Å². The van der Waals surface area contributed by atoms with Crippen LogP contribution < -0.4 is 0 Å². The van der Waals surface area contributed by atoms with Crippen LogP contribution in [0.25, 0.3) is 6.08 Å². The van der Waals surface area contributed by atoms with Crippen LogP contribution in [0.1, 0.15) is 35.3 Å². The van der Waals surface area contributed by atoms with Gasteiger partial charge in [0, 0.05) is 18.7 Å². The average Bonchev–Trinajstić information content (AvgIpc) is 3.14. The van der Waals surface area contributed by atoms with Crippen LogP contribution in [0.5, 0.6) is 0 Å². The lowest BCUT2D eigenvalue weighted by Gasteiger charge is -2.18. The van der Waals surface area contributed by atoms with Crippen molar-refractivity contribution < 1.29 is 27.5 Å². The van der Waals surface area contributed by atoms with Crippen LogP contribution in [0.15, 0.2) is 64.1 Å². The second-order valence-electron chi connectivity index (χ2n) is 6.53. The van der Waals surface area contributed by atoms with Crippen molar-refractivity contribution in [1.82, 2.24) is 4.31 Å². The van der Waals surface area contributed by atoms with E-state index in [0.29, 0.717) is 29.8 Å². The van der Waals surface area contributed by atoms with Crippen molar-refractivity contribution in [2.24, 2.45) is 4.99 Å². The fourth-order valence-electron chi connectivity index (χ4n) is 3.08. The first-order chi connectivity index (χ1) is 14.8. The number of methoxy groups -OCH3 is 1. The molecule has 2 aromatic rings. The van der Waals surface area contributed by atoms with Gasteiger partial charge in [-0.25, -0.2) is 23.0 Å². The Morgan fingerprint density at radius 3 is 2.35 bits per heavy atom. The monoisotopic (exact) mass is 442 g/mol. The summed E-state index contributed by atoms with van der Waals surface area (Å²) in [6, 6.07) is 12.6. The smallest absolute Gasteiger partial charge is 0.363 e. The van der Waals surface area contributed by atoms with E-state index in [2.05, 4.69) is 4.99 Å². The van der Waals surface area contributed by atoms with Crippen molar-refractivity contribution >= 4 is 33.9 Å². The molecule has 0 aliphatic carbocycles. The number of hydrogen-bond donors (Lipinski definition) is 0. The van der Waals surface area contributed by atoms with Crippen molar-refractivity contribution in [3.05, 3.63) is 70.9 Å². The summed E-state index contributed by atoms with van der Waals surface area (Å²) in [5, 5.41) is 0. The summed E-state index contributed by atoms with van der Waals surface area (Å²) in [5.74, 6) is -1.15. The van der Waals surface area contributed by atoms with Gasteiger partial charge < -0.3 is 9.47 Å². The van der Waals surface area contributed by atoms with E-state index in [9.17, 15) is 18.0 Å². The third kappa shape index (κ3) is 4.57. The molecular weight excluding hydrogens is 420 g/mol. The minimum Gasteiger partial charge on any atom is -0.465 e. The molecule has 0 atom stereocenters. The maximum atomic E-state index is 12.6. The van der Waals surface area contributed by atoms with Crippen LogP contribution in [-0.4, -0.2) is 50.8 Å². The number of ether oxygens (including phenoxy) is 2. The van der Waals surface area contributed by atoms with E-state index in [0.717, 1.165) is 0 Å². The molecule has 8 nitrogen and oxygen atoms in total. The normalized spacial score (nSPS) is 15.2. The first-order valence-corrected chi connectivity index (χ1v) is 11.1. The predicted octanol–water partition coefficient (Wildman–Crippen LogP) is 2.85. The maximum Gasteiger partial charge on any atom is 0.363 e. The molecule has 0 amide bonds. The summed E-state index contributed by atoms with van der Waals surface area (Å²) < 4.78 is 36.6. The molecule has 0 bridgehead atoms. The zero-order valence-electron chi connectivity index (χ0n) is 17.4. The van der Waals surface area contributed by atoms with Crippen LogP contribution in [-0.2, 0) is 24.3 Å². The van der Waals surface area contributed by atoms with Gasteiger partial charge in [-0.1, -0.05) is 32.0 Å². The summed E-state index contributed by atoms with van der Waals surface area (Å²) in [4.78, 5) is 28.6. The molecule has 0 unspecified atom stereocenters. The highest BCUT2D eigenvalue weighted by molar-refractivity contribution is 7.89. The first kappa shape index (κ1) is 22.4. The van der Waals surface area contributed by atoms with E-state index in [-0.39, 0.29) is 16.5 Å². The molecule has 1 heterocycles. The lowest BCUT2D eigenvalue weighted by Crippen LogP contribution is -2.30. The third-order valence-corrected chi connectivity index (χ3v) is 6.79. The Morgan fingerprint density at radius 2 is 1.74 bits per heavy atom. The Hall–Kier alpha value is -3.30. The van der Waals surface area contributed by atoms with Gasteiger partial charge in [0.1, 0.15) is 0 Å². The number of sulfonamides is 1. The van der Waals surface area contributed by atoms with Gasteiger partial charge in [0.15, 0.2) is 5.70 Å². The molecule has 9 heteroatoms. The molecule has 31 heavy (non-hydrogen) atoms. The topological polar surface area (TPSA) is 102 Å². The van der Waals surface area contributed by atoms with E-state index >= 15 is 0 Å². The van der Waals surface area contributed by atoms with E-state index in [1.807, 2.05) is 0 Å². The highest BCUT2D eigenvalue weighted by atomic mass is 32.2. The summed E-state index contributed by atoms with van der Waals surface area (Å²) in [7, 11) is -2.31.